The molecule has 1 spiro atoms. The molecular weight excluding hydrogens is 815 g/mol. The molecule has 2 atom stereocenters. The molecule has 5 aromatic rings. The van der Waals surface area contributed by atoms with Crippen molar-refractivity contribution in [2.45, 2.75) is 56.1 Å². The summed E-state index contributed by atoms with van der Waals surface area (Å²) in [6, 6.07) is 16.0. The zero-order valence-corrected chi connectivity index (χ0v) is 35.5. The van der Waals surface area contributed by atoms with E-state index in [1.54, 1.807) is 27.9 Å². The summed E-state index contributed by atoms with van der Waals surface area (Å²) >= 11 is 0. The number of aromatic nitrogens is 3. The van der Waals surface area contributed by atoms with Crippen LogP contribution in [0.3, 0.4) is 0 Å². The van der Waals surface area contributed by atoms with Crippen molar-refractivity contribution in [3.8, 4) is 11.5 Å². The number of rotatable bonds is 12. The van der Waals surface area contributed by atoms with Gasteiger partial charge in [-0.2, -0.15) is 5.10 Å². The Bertz CT molecular complexity index is 2670. The van der Waals surface area contributed by atoms with E-state index in [0.717, 1.165) is 87.6 Å². The largest absolute Gasteiger partial charge is 0.496 e. The molecule has 2 N–H and O–H groups in total. The van der Waals surface area contributed by atoms with Crippen molar-refractivity contribution in [3.05, 3.63) is 83.7 Å². The molecule has 18 heteroatoms. The predicted octanol–water partition coefficient (Wildman–Crippen LogP) is 4.08. The van der Waals surface area contributed by atoms with Gasteiger partial charge in [-0.05, 0) is 104 Å². The first kappa shape index (κ1) is 40.0. The van der Waals surface area contributed by atoms with Crippen LogP contribution in [0, 0.1) is 11.3 Å². The molecule has 7 heterocycles. The Balaban J connectivity index is 0.742. The van der Waals surface area contributed by atoms with Gasteiger partial charge in [-0.1, -0.05) is 11.2 Å². The highest BCUT2D eigenvalue weighted by atomic mass is 32.2. The summed E-state index contributed by atoms with van der Waals surface area (Å²) in [5.74, 6) is 0.418. The standard InChI is InChI=1S/C44H49N9O8S/c1-59-35-19-29(24-52-15-4-14-45-52)20-36-39(35)41(47-61-36)48-62(57,58)37-6-3-5-33(40(37)60-2)51-26-44(27-51)12-17-49(18-13-44)22-28-11-16-50(23-28)31-7-8-32-30(21-31)25-53(43(32)56)34-9-10-38(54)46-42(34)55/h3-8,14-15,19-21,28,34H,9-13,16-18,22-27H2,1-2H3,(H,47,48)(H,46,54,55)/t28-,34?/m0/s1. The van der Waals surface area contributed by atoms with Gasteiger partial charge in [0.15, 0.2) is 17.2 Å². The number of ether oxygens (including phenoxy) is 2. The fourth-order valence-electron chi connectivity index (χ4n) is 10.1. The molecule has 0 aliphatic carbocycles. The fourth-order valence-corrected chi connectivity index (χ4v) is 11.3. The molecule has 0 saturated carbocycles. The topological polar surface area (TPSA) is 185 Å². The van der Waals surface area contributed by atoms with Gasteiger partial charge < -0.3 is 33.6 Å². The van der Waals surface area contributed by atoms with Gasteiger partial charge in [0, 0.05) is 74.7 Å². The number of sulfonamides is 1. The number of imide groups is 1. The smallest absolute Gasteiger partial charge is 0.266 e. The van der Waals surface area contributed by atoms with Crippen LogP contribution in [0.5, 0.6) is 11.5 Å². The number of carbonyl (C=O) groups is 3. The number of nitrogens with one attached hydrogen (secondary N) is 2. The molecule has 4 saturated heterocycles. The number of benzene rings is 3. The number of likely N-dealkylation sites (tertiary alicyclic amines) is 1. The average Bonchev–Trinajstić information content (AvgIpc) is 4.08. The van der Waals surface area contributed by atoms with Crippen molar-refractivity contribution in [2.24, 2.45) is 11.3 Å². The number of methoxy groups -OCH3 is 2. The summed E-state index contributed by atoms with van der Waals surface area (Å²) in [4.78, 5) is 46.2. The summed E-state index contributed by atoms with van der Waals surface area (Å²) in [6.07, 6.45) is 7.36. The second-order valence-electron chi connectivity index (χ2n) is 17.3. The van der Waals surface area contributed by atoms with Gasteiger partial charge in [0.2, 0.25) is 11.8 Å². The highest BCUT2D eigenvalue weighted by molar-refractivity contribution is 7.92. The lowest BCUT2D eigenvalue weighted by molar-refractivity contribution is -0.136. The quantitative estimate of drug-likeness (QED) is 0.171. The Kier molecular flexibility index (Phi) is 10.1. The normalized spacial score (nSPS) is 21.4. The van der Waals surface area contributed by atoms with E-state index >= 15 is 0 Å². The predicted molar refractivity (Wildman–Crippen MR) is 229 cm³/mol. The Hall–Kier alpha value is -6.14. The third-order valence-electron chi connectivity index (χ3n) is 13.4. The Morgan fingerprint density at radius 1 is 0.968 bits per heavy atom. The molecule has 4 fully saturated rings. The molecule has 5 aliphatic rings. The van der Waals surface area contributed by atoms with E-state index in [-0.39, 0.29) is 40.1 Å². The summed E-state index contributed by atoms with van der Waals surface area (Å²) in [7, 11) is -1.15. The Morgan fingerprint density at radius 2 is 1.81 bits per heavy atom. The number of para-hydroxylation sites is 1. The van der Waals surface area contributed by atoms with E-state index in [1.165, 1.54) is 20.3 Å². The molecule has 17 nitrogen and oxygen atoms in total. The van der Waals surface area contributed by atoms with Gasteiger partial charge in [0.25, 0.3) is 15.9 Å². The molecule has 3 aromatic carbocycles. The van der Waals surface area contributed by atoms with Gasteiger partial charge in [0.05, 0.1) is 26.5 Å². The van der Waals surface area contributed by atoms with Crippen LogP contribution < -0.4 is 29.3 Å². The third-order valence-corrected chi connectivity index (χ3v) is 14.8. The van der Waals surface area contributed by atoms with Gasteiger partial charge >= 0.3 is 0 Å². The number of anilines is 3. The molecule has 62 heavy (non-hydrogen) atoms. The Labute approximate surface area is 358 Å². The molecule has 2 aromatic heterocycles. The lowest BCUT2D eigenvalue weighted by Gasteiger charge is -2.55. The Morgan fingerprint density at radius 3 is 2.56 bits per heavy atom. The summed E-state index contributed by atoms with van der Waals surface area (Å²) in [5, 5.41) is 11.1. The van der Waals surface area contributed by atoms with Crippen molar-refractivity contribution in [2.75, 3.05) is 74.6 Å². The van der Waals surface area contributed by atoms with E-state index in [0.29, 0.717) is 47.7 Å². The van der Waals surface area contributed by atoms with E-state index in [9.17, 15) is 22.8 Å². The maximum Gasteiger partial charge on any atom is 0.266 e. The van der Waals surface area contributed by atoms with Crippen LogP contribution in [0.25, 0.3) is 11.0 Å². The third kappa shape index (κ3) is 7.27. The van der Waals surface area contributed by atoms with E-state index < -0.39 is 22.0 Å². The second-order valence-corrected chi connectivity index (χ2v) is 19.0. The van der Waals surface area contributed by atoms with Crippen molar-refractivity contribution in [1.29, 1.82) is 0 Å². The van der Waals surface area contributed by atoms with Crippen LogP contribution in [-0.4, -0.2) is 117 Å². The number of carbonyl (C=O) groups excluding carboxylic acids is 3. The van der Waals surface area contributed by atoms with Crippen LogP contribution in [0.1, 0.15) is 53.6 Å². The lowest BCUT2D eigenvalue weighted by Crippen LogP contribution is -2.60. The van der Waals surface area contributed by atoms with Crippen LogP contribution in [0.4, 0.5) is 17.2 Å². The second kappa shape index (κ2) is 15.6. The number of amides is 3. The molecule has 5 aliphatic heterocycles. The van der Waals surface area contributed by atoms with Gasteiger partial charge in [-0.3, -0.25) is 29.1 Å². The molecule has 3 amide bonds. The molecule has 10 rings (SSSR count). The molecule has 1 unspecified atom stereocenters. The first-order valence-corrected chi connectivity index (χ1v) is 22.6. The minimum absolute atomic E-state index is 0.00636. The molecule has 0 radical (unpaired) electrons. The minimum Gasteiger partial charge on any atom is -0.496 e. The SMILES string of the molecule is COc1c(N2CC3(CCN(C[C@@H]4CCN(c5ccc6c(c5)CN(C5CCC(=O)NC5=O)C6=O)C4)CC3)C2)cccc1S(=O)(=O)Nc1noc2cc(Cn3cccn3)cc(OC)c12. The van der Waals surface area contributed by atoms with E-state index in [2.05, 4.69) is 41.1 Å². The molecule has 0 bridgehead atoms. The lowest BCUT2D eigenvalue weighted by atomic mass is 9.71. The fraction of sp³-hybridized carbons (Fsp3) is 0.432. The van der Waals surface area contributed by atoms with Crippen molar-refractivity contribution in [3.63, 3.8) is 0 Å². The summed E-state index contributed by atoms with van der Waals surface area (Å²) in [6.45, 7) is 7.43. The summed E-state index contributed by atoms with van der Waals surface area (Å²) in [5.41, 5.74) is 4.79. The molecule has 324 valence electrons. The number of nitrogens with zero attached hydrogens (tertiary/aromatic N) is 7. The van der Waals surface area contributed by atoms with Crippen LogP contribution in [0.15, 0.2) is 76.4 Å². The summed E-state index contributed by atoms with van der Waals surface area (Å²) < 4.78 is 49.5. The van der Waals surface area contributed by atoms with Crippen LogP contribution in [-0.2, 0) is 32.7 Å². The van der Waals surface area contributed by atoms with Gasteiger partial charge in [-0.25, -0.2) is 8.42 Å². The van der Waals surface area contributed by atoms with E-state index in [1.807, 2.05) is 36.5 Å². The number of fused-ring (bicyclic) bond motifs is 2. The molecular formula is C44H49N9O8S. The maximum absolute atomic E-state index is 14.0. The first-order valence-electron chi connectivity index (χ1n) is 21.1. The maximum atomic E-state index is 14.0. The highest BCUT2D eigenvalue weighted by Crippen LogP contribution is 2.47. The number of piperidine rings is 2. The van der Waals surface area contributed by atoms with Crippen LogP contribution in [0.2, 0.25) is 0 Å². The van der Waals surface area contributed by atoms with Gasteiger partial charge in [0.1, 0.15) is 22.1 Å². The zero-order chi connectivity index (χ0) is 42.8. The first-order chi connectivity index (χ1) is 30.0. The van der Waals surface area contributed by atoms with Crippen LogP contribution >= 0.6 is 0 Å². The number of hydrogen-bond acceptors (Lipinski definition) is 13. The minimum atomic E-state index is -4.16. The van der Waals surface area contributed by atoms with Crippen molar-refractivity contribution >= 4 is 55.9 Å². The highest BCUT2D eigenvalue weighted by Gasteiger charge is 2.46. The average molecular weight is 864 g/mol. The van der Waals surface area contributed by atoms with E-state index in [4.69, 9.17) is 14.0 Å². The van der Waals surface area contributed by atoms with Crippen molar-refractivity contribution in [1.82, 2.24) is 30.1 Å². The van der Waals surface area contributed by atoms with Crippen molar-refractivity contribution < 1.29 is 36.8 Å². The zero-order valence-electron chi connectivity index (χ0n) is 34.7. The monoisotopic (exact) mass is 863 g/mol. The number of hydrogen-bond donors (Lipinski definition) is 2. The van der Waals surface area contributed by atoms with Gasteiger partial charge in [-0.15, -0.1) is 0 Å².